The number of carbonyl (C=O) groups is 1. The number of hydrogen-bond acceptors (Lipinski definition) is 4. The van der Waals surface area contributed by atoms with Gasteiger partial charge >= 0.3 is 0 Å². The monoisotopic (exact) mass is 263 g/mol. The predicted molar refractivity (Wildman–Crippen MR) is 73.5 cm³/mol. The lowest BCUT2D eigenvalue weighted by molar-refractivity contribution is -0.120. The van der Waals surface area contributed by atoms with Crippen molar-refractivity contribution in [2.75, 3.05) is 18.9 Å². The molecule has 1 fully saturated rings. The molecule has 3 N–H and O–H groups in total. The van der Waals surface area contributed by atoms with Crippen molar-refractivity contribution in [3.63, 3.8) is 0 Å². The Bertz CT molecular complexity index is 419. The van der Waals surface area contributed by atoms with E-state index >= 15 is 0 Å². The molecule has 2 rings (SSSR count). The van der Waals surface area contributed by atoms with Crippen LogP contribution in [-0.2, 0) is 16.0 Å². The van der Waals surface area contributed by atoms with Crippen molar-refractivity contribution in [3.8, 4) is 0 Å². The molecule has 2 heterocycles. The van der Waals surface area contributed by atoms with Gasteiger partial charge in [0.1, 0.15) is 0 Å². The van der Waals surface area contributed by atoms with E-state index in [-0.39, 0.29) is 12.0 Å². The smallest absolute Gasteiger partial charge is 0.226 e. The van der Waals surface area contributed by atoms with Crippen LogP contribution in [0.1, 0.15) is 25.5 Å². The van der Waals surface area contributed by atoms with Crippen molar-refractivity contribution in [1.82, 2.24) is 10.3 Å². The maximum absolute atomic E-state index is 11.8. The van der Waals surface area contributed by atoms with E-state index in [1.54, 1.807) is 18.3 Å². The molecule has 1 aromatic rings. The van der Waals surface area contributed by atoms with E-state index in [0.29, 0.717) is 24.6 Å². The van der Waals surface area contributed by atoms with Crippen LogP contribution < -0.4 is 11.1 Å². The molecule has 5 heteroatoms. The van der Waals surface area contributed by atoms with Gasteiger partial charge in [-0.25, -0.2) is 0 Å². The normalized spacial score (nSPS) is 22.4. The summed E-state index contributed by atoms with van der Waals surface area (Å²) in [6, 6.07) is 3.54. The molecule has 1 aliphatic rings. The summed E-state index contributed by atoms with van der Waals surface area (Å²) in [5.74, 6) is 0.437. The summed E-state index contributed by atoms with van der Waals surface area (Å²) in [7, 11) is 0. The summed E-state index contributed by atoms with van der Waals surface area (Å²) in [5.41, 5.74) is 6.90. The second-order valence-electron chi connectivity index (χ2n) is 4.93. The Kier molecular flexibility index (Phi) is 4.74. The first-order valence-electron chi connectivity index (χ1n) is 6.77. The van der Waals surface area contributed by atoms with Crippen molar-refractivity contribution >= 4 is 11.6 Å². The van der Waals surface area contributed by atoms with Gasteiger partial charge in [-0.05, 0) is 25.0 Å². The van der Waals surface area contributed by atoms with Crippen molar-refractivity contribution in [2.45, 2.75) is 32.3 Å². The number of amides is 1. The first-order chi connectivity index (χ1) is 9.19. The fourth-order valence-electron chi connectivity index (χ4n) is 2.39. The largest absolute Gasteiger partial charge is 0.397 e. The highest BCUT2D eigenvalue weighted by Crippen LogP contribution is 2.22. The molecule has 0 radical (unpaired) electrons. The molecule has 1 amide bonds. The third kappa shape index (κ3) is 3.92. The molecule has 2 unspecified atom stereocenters. The average Bonchev–Trinajstić information content (AvgIpc) is 2.86. The number of anilines is 1. The average molecular weight is 263 g/mol. The summed E-state index contributed by atoms with van der Waals surface area (Å²) in [6.45, 7) is 3.61. The molecule has 0 aromatic carbocycles. The first kappa shape index (κ1) is 13.8. The summed E-state index contributed by atoms with van der Waals surface area (Å²) in [4.78, 5) is 15.9. The number of nitrogen functional groups attached to an aromatic ring is 1. The molecule has 0 aliphatic carbocycles. The second-order valence-corrected chi connectivity index (χ2v) is 4.93. The number of hydrogen-bond donors (Lipinski definition) is 2. The van der Waals surface area contributed by atoms with E-state index in [9.17, 15) is 4.79 Å². The van der Waals surface area contributed by atoms with Crippen molar-refractivity contribution in [1.29, 1.82) is 0 Å². The highest BCUT2D eigenvalue weighted by molar-refractivity contribution is 5.78. The van der Waals surface area contributed by atoms with Crippen LogP contribution in [-0.4, -0.2) is 30.1 Å². The van der Waals surface area contributed by atoms with Crippen LogP contribution in [0.25, 0.3) is 0 Å². The number of rotatable bonds is 5. The maximum atomic E-state index is 11.8. The van der Waals surface area contributed by atoms with Crippen LogP contribution in [0.4, 0.5) is 5.69 Å². The minimum atomic E-state index is -0.000903. The summed E-state index contributed by atoms with van der Waals surface area (Å²) < 4.78 is 5.60. The van der Waals surface area contributed by atoms with Gasteiger partial charge in [-0.2, -0.15) is 0 Å². The van der Waals surface area contributed by atoms with E-state index in [0.717, 1.165) is 25.1 Å². The van der Waals surface area contributed by atoms with Crippen LogP contribution in [0.5, 0.6) is 0 Å². The molecule has 0 spiro atoms. The zero-order valence-corrected chi connectivity index (χ0v) is 11.3. The van der Waals surface area contributed by atoms with E-state index in [1.165, 1.54) is 0 Å². The second kappa shape index (κ2) is 6.52. The van der Waals surface area contributed by atoms with E-state index in [1.807, 2.05) is 0 Å². The molecule has 1 aromatic heterocycles. The van der Waals surface area contributed by atoms with Gasteiger partial charge in [0.15, 0.2) is 0 Å². The van der Waals surface area contributed by atoms with Gasteiger partial charge in [0.2, 0.25) is 5.91 Å². The van der Waals surface area contributed by atoms with Gasteiger partial charge in [-0.1, -0.05) is 6.92 Å². The van der Waals surface area contributed by atoms with Crippen molar-refractivity contribution < 1.29 is 9.53 Å². The van der Waals surface area contributed by atoms with Gasteiger partial charge in [0, 0.05) is 24.8 Å². The Morgan fingerprint density at radius 3 is 3.11 bits per heavy atom. The third-order valence-electron chi connectivity index (χ3n) is 3.50. The zero-order valence-electron chi connectivity index (χ0n) is 11.3. The first-order valence-corrected chi connectivity index (χ1v) is 6.77. The highest BCUT2D eigenvalue weighted by Gasteiger charge is 2.26. The fourth-order valence-corrected chi connectivity index (χ4v) is 2.39. The highest BCUT2D eigenvalue weighted by atomic mass is 16.5. The van der Waals surface area contributed by atoms with E-state index in [4.69, 9.17) is 10.5 Å². The lowest BCUT2D eigenvalue weighted by atomic mass is 9.99. The molecule has 19 heavy (non-hydrogen) atoms. The molecule has 104 valence electrons. The molecular formula is C14H21N3O2. The number of nitrogens with one attached hydrogen (secondary N) is 1. The Labute approximate surface area is 113 Å². The quantitative estimate of drug-likeness (QED) is 0.835. The standard InChI is InChI=1S/C14H21N3O2/c1-2-13-10(5-6-19-13)8-17-14(18)7-12-4-3-11(15)9-16-12/h3-4,9-10,13H,2,5-8,15H2,1H3,(H,17,18). The lowest BCUT2D eigenvalue weighted by Crippen LogP contribution is -2.33. The Morgan fingerprint density at radius 1 is 1.58 bits per heavy atom. The van der Waals surface area contributed by atoms with Gasteiger partial charge in [0.05, 0.1) is 24.4 Å². The van der Waals surface area contributed by atoms with E-state index in [2.05, 4.69) is 17.2 Å². The van der Waals surface area contributed by atoms with Crippen LogP contribution in [0.3, 0.4) is 0 Å². The Balaban J connectivity index is 1.77. The molecule has 1 saturated heterocycles. The third-order valence-corrected chi connectivity index (χ3v) is 3.50. The van der Waals surface area contributed by atoms with Gasteiger partial charge in [-0.3, -0.25) is 9.78 Å². The van der Waals surface area contributed by atoms with Gasteiger partial charge in [0.25, 0.3) is 0 Å². The predicted octanol–water partition coefficient (Wildman–Crippen LogP) is 1.14. The fraction of sp³-hybridized carbons (Fsp3) is 0.571. The number of nitrogens with zero attached hydrogens (tertiary/aromatic N) is 1. The molecule has 5 nitrogen and oxygen atoms in total. The number of aromatic nitrogens is 1. The summed E-state index contributed by atoms with van der Waals surface area (Å²) in [5, 5.41) is 2.96. The van der Waals surface area contributed by atoms with Crippen LogP contribution in [0.15, 0.2) is 18.3 Å². The van der Waals surface area contributed by atoms with Crippen LogP contribution >= 0.6 is 0 Å². The van der Waals surface area contributed by atoms with Crippen LogP contribution in [0.2, 0.25) is 0 Å². The number of carbonyl (C=O) groups excluding carboxylic acids is 1. The molecule has 0 saturated carbocycles. The molecule has 0 bridgehead atoms. The van der Waals surface area contributed by atoms with Crippen molar-refractivity contribution in [3.05, 3.63) is 24.0 Å². The SMILES string of the molecule is CCC1OCCC1CNC(=O)Cc1ccc(N)cn1. The Hall–Kier alpha value is -1.62. The minimum absolute atomic E-state index is 0.000903. The minimum Gasteiger partial charge on any atom is -0.397 e. The van der Waals surface area contributed by atoms with Gasteiger partial charge in [-0.15, -0.1) is 0 Å². The van der Waals surface area contributed by atoms with Crippen molar-refractivity contribution in [2.24, 2.45) is 5.92 Å². The molecule has 2 atom stereocenters. The summed E-state index contributed by atoms with van der Waals surface area (Å²) >= 11 is 0. The number of nitrogens with two attached hydrogens (primary N) is 1. The topological polar surface area (TPSA) is 77.2 Å². The molecular weight excluding hydrogens is 242 g/mol. The Morgan fingerprint density at radius 2 is 2.42 bits per heavy atom. The van der Waals surface area contributed by atoms with Crippen LogP contribution in [0, 0.1) is 5.92 Å². The number of ether oxygens (including phenoxy) is 1. The number of pyridine rings is 1. The lowest BCUT2D eigenvalue weighted by Gasteiger charge is -2.17. The van der Waals surface area contributed by atoms with Gasteiger partial charge < -0.3 is 15.8 Å². The maximum Gasteiger partial charge on any atom is 0.226 e. The molecule has 1 aliphatic heterocycles. The zero-order chi connectivity index (χ0) is 13.7. The summed E-state index contributed by atoms with van der Waals surface area (Å²) in [6.07, 6.45) is 4.18. The van der Waals surface area contributed by atoms with E-state index < -0.39 is 0 Å².